The molecule has 2 aromatic rings. The molecular formula is C15H17Br2NO2S. The predicted octanol–water partition coefficient (Wildman–Crippen LogP) is 4.84. The number of methoxy groups -OCH3 is 1. The minimum absolute atomic E-state index is 0.0709. The van der Waals surface area contributed by atoms with Gasteiger partial charge in [0.1, 0.15) is 17.6 Å². The zero-order valence-electron chi connectivity index (χ0n) is 11.9. The van der Waals surface area contributed by atoms with Gasteiger partial charge in [-0.15, -0.1) is 11.3 Å². The molecular weight excluding hydrogens is 418 g/mol. The van der Waals surface area contributed by atoms with Crippen LogP contribution >= 0.6 is 43.2 Å². The molecule has 0 aliphatic carbocycles. The number of rotatable bonds is 7. The van der Waals surface area contributed by atoms with Crippen LogP contribution < -0.4 is 14.8 Å². The van der Waals surface area contributed by atoms with E-state index in [0.717, 1.165) is 33.5 Å². The summed E-state index contributed by atoms with van der Waals surface area (Å²) >= 11 is 8.73. The summed E-state index contributed by atoms with van der Waals surface area (Å²) in [7, 11) is 1.64. The Hall–Kier alpha value is -0.560. The molecule has 0 aliphatic heterocycles. The van der Waals surface area contributed by atoms with Crippen LogP contribution in [0.15, 0.2) is 38.6 Å². The number of benzene rings is 1. The van der Waals surface area contributed by atoms with Crippen LogP contribution in [-0.4, -0.2) is 19.8 Å². The Morgan fingerprint density at radius 1 is 1.24 bits per heavy atom. The molecule has 114 valence electrons. The fourth-order valence-corrected chi connectivity index (χ4v) is 3.40. The lowest BCUT2D eigenvalue weighted by Gasteiger charge is -2.17. The molecule has 0 spiro atoms. The number of halogens is 2. The van der Waals surface area contributed by atoms with Crippen LogP contribution in [0.4, 0.5) is 0 Å². The largest absolute Gasteiger partial charge is 0.496 e. The molecule has 0 bridgehead atoms. The number of hydrogen-bond donors (Lipinski definition) is 1. The second kappa shape index (κ2) is 8.17. The molecule has 1 unspecified atom stereocenters. The molecule has 1 heterocycles. The third-order valence-electron chi connectivity index (χ3n) is 2.85. The average Bonchev–Trinajstić information content (AvgIpc) is 2.95. The van der Waals surface area contributed by atoms with Gasteiger partial charge in [-0.1, -0.05) is 6.07 Å². The summed E-state index contributed by atoms with van der Waals surface area (Å²) in [6, 6.07) is 8.00. The van der Waals surface area contributed by atoms with E-state index in [2.05, 4.69) is 54.7 Å². The SMILES string of the molecule is COc1cc(Br)c(OC(C)CNCc2cccs2)cc1Br. The maximum absolute atomic E-state index is 5.95. The fourth-order valence-electron chi connectivity index (χ4n) is 1.83. The quantitative estimate of drug-likeness (QED) is 0.676. The van der Waals surface area contributed by atoms with Crippen LogP contribution in [0.1, 0.15) is 11.8 Å². The van der Waals surface area contributed by atoms with Gasteiger partial charge in [-0.2, -0.15) is 0 Å². The van der Waals surface area contributed by atoms with E-state index < -0.39 is 0 Å². The normalized spacial score (nSPS) is 12.2. The first kappa shape index (κ1) is 16.8. The first-order chi connectivity index (χ1) is 10.1. The lowest BCUT2D eigenvalue weighted by Crippen LogP contribution is -2.28. The molecule has 6 heteroatoms. The van der Waals surface area contributed by atoms with Crippen LogP contribution in [0, 0.1) is 0 Å². The number of hydrogen-bond acceptors (Lipinski definition) is 4. The summed E-state index contributed by atoms with van der Waals surface area (Å²) in [5.74, 6) is 1.57. The second-order valence-corrected chi connectivity index (χ2v) is 7.30. The van der Waals surface area contributed by atoms with Gasteiger partial charge in [0, 0.05) is 18.0 Å². The summed E-state index contributed by atoms with van der Waals surface area (Å²) in [6.07, 6.45) is 0.0709. The Labute approximate surface area is 145 Å². The highest BCUT2D eigenvalue weighted by Gasteiger charge is 2.11. The van der Waals surface area contributed by atoms with Crippen molar-refractivity contribution >= 4 is 43.2 Å². The minimum Gasteiger partial charge on any atom is -0.496 e. The summed E-state index contributed by atoms with van der Waals surface area (Å²) in [5.41, 5.74) is 0. The fraction of sp³-hybridized carbons (Fsp3) is 0.333. The van der Waals surface area contributed by atoms with Gasteiger partial charge >= 0.3 is 0 Å². The smallest absolute Gasteiger partial charge is 0.135 e. The van der Waals surface area contributed by atoms with Gasteiger partial charge in [0.15, 0.2) is 0 Å². The standard InChI is InChI=1S/C15H17Br2NO2S/c1-10(8-18-9-11-4-3-5-21-11)20-15-7-12(16)14(19-2)6-13(15)17/h3-7,10,18H,8-9H2,1-2H3. The number of thiophene rings is 1. The van der Waals surface area contributed by atoms with Crippen molar-refractivity contribution in [3.63, 3.8) is 0 Å². The topological polar surface area (TPSA) is 30.5 Å². The van der Waals surface area contributed by atoms with Crippen molar-refractivity contribution in [2.45, 2.75) is 19.6 Å². The van der Waals surface area contributed by atoms with E-state index in [1.54, 1.807) is 18.4 Å². The molecule has 1 aromatic heterocycles. The lowest BCUT2D eigenvalue weighted by molar-refractivity contribution is 0.215. The van der Waals surface area contributed by atoms with E-state index in [0.29, 0.717) is 0 Å². The van der Waals surface area contributed by atoms with E-state index in [1.807, 2.05) is 19.1 Å². The van der Waals surface area contributed by atoms with Crippen molar-refractivity contribution in [2.24, 2.45) is 0 Å². The van der Waals surface area contributed by atoms with E-state index in [1.165, 1.54) is 4.88 Å². The maximum atomic E-state index is 5.95. The van der Waals surface area contributed by atoms with Crippen molar-refractivity contribution in [3.8, 4) is 11.5 Å². The monoisotopic (exact) mass is 433 g/mol. The van der Waals surface area contributed by atoms with Crippen LogP contribution in [0.25, 0.3) is 0 Å². The minimum atomic E-state index is 0.0709. The van der Waals surface area contributed by atoms with Crippen molar-refractivity contribution < 1.29 is 9.47 Å². The van der Waals surface area contributed by atoms with Crippen LogP contribution in [-0.2, 0) is 6.54 Å². The summed E-state index contributed by atoms with van der Waals surface area (Å²) in [4.78, 5) is 1.33. The molecule has 21 heavy (non-hydrogen) atoms. The van der Waals surface area contributed by atoms with Crippen LogP contribution in [0.3, 0.4) is 0 Å². The Morgan fingerprint density at radius 2 is 1.95 bits per heavy atom. The van der Waals surface area contributed by atoms with Crippen molar-refractivity contribution in [2.75, 3.05) is 13.7 Å². The Balaban J connectivity index is 1.87. The zero-order chi connectivity index (χ0) is 15.2. The molecule has 0 aliphatic rings. The molecule has 1 aromatic carbocycles. The summed E-state index contributed by atoms with van der Waals surface area (Å²) in [5, 5.41) is 5.48. The first-order valence-corrected chi connectivity index (χ1v) is 8.99. The van der Waals surface area contributed by atoms with Gasteiger partial charge in [-0.05, 0) is 62.4 Å². The van der Waals surface area contributed by atoms with Crippen molar-refractivity contribution in [1.29, 1.82) is 0 Å². The molecule has 0 saturated heterocycles. The average molecular weight is 435 g/mol. The highest BCUT2D eigenvalue weighted by atomic mass is 79.9. The Kier molecular flexibility index (Phi) is 6.54. The van der Waals surface area contributed by atoms with Gasteiger partial charge in [-0.3, -0.25) is 0 Å². The van der Waals surface area contributed by atoms with E-state index in [9.17, 15) is 0 Å². The van der Waals surface area contributed by atoms with E-state index in [-0.39, 0.29) is 6.10 Å². The molecule has 2 rings (SSSR count). The molecule has 1 atom stereocenters. The van der Waals surface area contributed by atoms with Crippen molar-refractivity contribution in [3.05, 3.63) is 43.5 Å². The highest BCUT2D eigenvalue weighted by molar-refractivity contribution is 9.11. The lowest BCUT2D eigenvalue weighted by atomic mass is 10.3. The van der Waals surface area contributed by atoms with Crippen molar-refractivity contribution in [1.82, 2.24) is 5.32 Å². The van der Waals surface area contributed by atoms with Gasteiger partial charge in [-0.25, -0.2) is 0 Å². The number of ether oxygens (including phenoxy) is 2. The molecule has 3 nitrogen and oxygen atoms in total. The van der Waals surface area contributed by atoms with Gasteiger partial charge < -0.3 is 14.8 Å². The Bertz CT molecular complexity index is 575. The molecule has 0 radical (unpaired) electrons. The molecule has 0 saturated carbocycles. The third kappa shape index (κ3) is 4.98. The second-order valence-electron chi connectivity index (χ2n) is 4.56. The highest BCUT2D eigenvalue weighted by Crippen LogP contribution is 2.36. The molecule has 0 amide bonds. The third-order valence-corrected chi connectivity index (χ3v) is 4.96. The summed E-state index contributed by atoms with van der Waals surface area (Å²) in [6.45, 7) is 3.71. The number of nitrogens with one attached hydrogen (secondary N) is 1. The Morgan fingerprint density at radius 3 is 2.62 bits per heavy atom. The van der Waals surface area contributed by atoms with Gasteiger partial charge in [0.25, 0.3) is 0 Å². The zero-order valence-corrected chi connectivity index (χ0v) is 15.8. The van der Waals surface area contributed by atoms with E-state index >= 15 is 0 Å². The van der Waals surface area contributed by atoms with Crippen LogP contribution in [0.5, 0.6) is 11.5 Å². The van der Waals surface area contributed by atoms with Gasteiger partial charge in [0.05, 0.1) is 16.1 Å². The van der Waals surface area contributed by atoms with Crippen LogP contribution in [0.2, 0.25) is 0 Å². The maximum Gasteiger partial charge on any atom is 0.135 e. The first-order valence-electron chi connectivity index (χ1n) is 6.53. The predicted molar refractivity (Wildman–Crippen MR) is 94.5 cm³/mol. The summed E-state index contributed by atoms with van der Waals surface area (Å²) < 4.78 is 13.0. The molecule has 1 N–H and O–H groups in total. The molecule has 0 fully saturated rings. The van der Waals surface area contributed by atoms with E-state index in [4.69, 9.17) is 9.47 Å². The van der Waals surface area contributed by atoms with Gasteiger partial charge in [0.2, 0.25) is 0 Å².